The molecule has 0 aromatic heterocycles. The standard InChI is InChI=1S/C24H34N4O3/c1-24(2,3)18-8-6-17(7-9-18)21-20-19(26(4)23(30)25-21)16-28(22(20)29)11-5-10-27-12-14-31-15-13-27/h6-9,21H,5,10-16H2,1-4H3,(H,25,30)/t21-/m1/s1. The van der Waals surface area contributed by atoms with Gasteiger partial charge in [0.1, 0.15) is 0 Å². The molecule has 1 atom stereocenters. The molecule has 168 valence electrons. The molecule has 0 bridgehead atoms. The number of morpholine rings is 1. The van der Waals surface area contributed by atoms with E-state index in [-0.39, 0.29) is 17.4 Å². The van der Waals surface area contributed by atoms with Crippen LogP contribution < -0.4 is 5.32 Å². The molecule has 7 heteroatoms. The first kappa shape index (κ1) is 21.8. The van der Waals surface area contributed by atoms with E-state index in [4.69, 9.17) is 4.74 Å². The Bertz CT molecular complexity index is 866. The van der Waals surface area contributed by atoms with Crippen LogP contribution in [0.4, 0.5) is 4.79 Å². The molecule has 1 N–H and O–H groups in total. The van der Waals surface area contributed by atoms with Gasteiger partial charge >= 0.3 is 6.03 Å². The van der Waals surface area contributed by atoms with Gasteiger partial charge in [0.2, 0.25) is 0 Å². The summed E-state index contributed by atoms with van der Waals surface area (Å²) in [6.07, 6.45) is 0.919. The highest BCUT2D eigenvalue weighted by Gasteiger charge is 2.42. The lowest BCUT2D eigenvalue weighted by molar-refractivity contribution is -0.125. The minimum Gasteiger partial charge on any atom is -0.379 e. The number of benzene rings is 1. The van der Waals surface area contributed by atoms with Crippen molar-refractivity contribution < 1.29 is 14.3 Å². The maximum atomic E-state index is 13.3. The average Bonchev–Trinajstić information content (AvgIpc) is 3.08. The maximum absolute atomic E-state index is 13.3. The normalized spacial score (nSPS) is 22.8. The summed E-state index contributed by atoms with van der Waals surface area (Å²) in [5, 5.41) is 3.03. The molecule has 31 heavy (non-hydrogen) atoms. The Morgan fingerprint density at radius 3 is 2.39 bits per heavy atom. The molecule has 4 rings (SSSR count). The molecule has 0 unspecified atom stereocenters. The van der Waals surface area contributed by atoms with Crippen molar-refractivity contribution in [2.75, 3.05) is 53.0 Å². The molecule has 1 aromatic rings. The Balaban J connectivity index is 1.48. The summed E-state index contributed by atoms with van der Waals surface area (Å²) in [5.41, 5.74) is 3.76. The molecule has 7 nitrogen and oxygen atoms in total. The predicted molar refractivity (Wildman–Crippen MR) is 120 cm³/mol. The van der Waals surface area contributed by atoms with Crippen molar-refractivity contribution >= 4 is 11.9 Å². The number of urea groups is 1. The highest BCUT2D eigenvalue weighted by molar-refractivity contribution is 6.01. The fourth-order valence-electron chi connectivity index (χ4n) is 4.54. The van der Waals surface area contributed by atoms with Crippen LogP contribution in [0.1, 0.15) is 44.4 Å². The second-order valence-electron chi connectivity index (χ2n) is 9.71. The quantitative estimate of drug-likeness (QED) is 0.786. The van der Waals surface area contributed by atoms with Crippen LogP contribution in [0.2, 0.25) is 0 Å². The zero-order valence-corrected chi connectivity index (χ0v) is 19.1. The molecular weight excluding hydrogens is 392 g/mol. The number of nitrogens with zero attached hydrogens (tertiary/aromatic N) is 3. The fourth-order valence-corrected chi connectivity index (χ4v) is 4.54. The smallest absolute Gasteiger partial charge is 0.322 e. The minimum atomic E-state index is -0.399. The van der Waals surface area contributed by atoms with Gasteiger partial charge in [-0.15, -0.1) is 0 Å². The highest BCUT2D eigenvalue weighted by atomic mass is 16.5. The molecule has 0 spiro atoms. The Morgan fingerprint density at radius 2 is 1.74 bits per heavy atom. The number of carbonyl (C=O) groups excluding carboxylic acids is 2. The van der Waals surface area contributed by atoms with Gasteiger partial charge in [0, 0.05) is 33.2 Å². The van der Waals surface area contributed by atoms with Crippen LogP contribution in [0.5, 0.6) is 0 Å². The number of likely N-dealkylation sites (N-methyl/N-ethyl adjacent to an activating group) is 1. The lowest BCUT2D eigenvalue weighted by atomic mass is 9.85. The van der Waals surface area contributed by atoms with E-state index in [1.807, 2.05) is 17.0 Å². The first-order valence-corrected chi connectivity index (χ1v) is 11.2. The van der Waals surface area contributed by atoms with Crippen molar-refractivity contribution in [1.29, 1.82) is 0 Å². The molecular formula is C24H34N4O3. The van der Waals surface area contributed by atoms with E-state index in [2.05, 4.69) is 43.1 Å². The molecule has 0 saturated carbocycles. The Labute approximate surface area is 185 Å². The molecule has 3 amide bonds. The van der Waals surface area contributed by atoms with Crippen LogP contribution >= 0.6 is 0 Å². The fraction of sp³-hybridized carbons (Fsp3) is 0.583. The summed E-state index contributed by atoms with van der Waals surface area (Å²) in [6.45, 7) is 12.2. The molecule has 1 aromatic carbocycles. The van der Waals surface area contributed by atoms with Gasteiger partial charge in [0.05, 0.1) is 37.1 Å². The third-order valence-corrected chi connectivity index (χ3v) is 6.55. The van der Waals surface area contributed by atoms with Gasteiger partial charge in [0.25, 0.3) is 5.91 Å². The maximum Gasteiger partial charge on any atom is 0.322 e. The van der Waals surface area contributed by atoms with E-state index in [0.29, 0.717) is 18.7 Å². The molecule has 1 saturated heterocycles. The van der Waals surface area contributed by atoms with Crippen molar-refractivity contribution in [3.05, 3.63) is 46.7 Å². The van der Waals surface area contributed by atoms with Gasteiger partial charge in [-0.05, 0) is 23.0 Å². The SMILES string of the molecule is CN1C(=O)N[C@H](c2ccc(C(C)(C)C)cc2)C2=C1CN(CCCN1CCOCC1)C2=O. The summed E-state index contributed by atoms with van der Waals surface area (Å²) in [5.74, 6) is 0.0359. The summed E-state index contributed by atoms with van der Waals surface area (Å²) in [4.78, 5) is 31.8. The van der Waals surface area contributed by atoms with Crippen molar-refractivity contribution in [2.24, 2.45) is 0 Å². The van der Waals surface area contributed by atoms with Crippen LogP contribution in [-0.4, -0.2) is 79.6 Å². The van der Waals surface area contributed by atoms with E-state index in [9.17, 15) is 9.59 Å². The number of rotatable bonds is 5. The van der Waals surface area contributed by atoms with Gasteiger partial charge in [-0.1, -0.05) is 45.0 Å². The van der Waals surface area contributed by atoms with Crippen LogP contribution in [0, 0.1) is 0 Å². The lowest BCUT2D eigenvalue weighted by Gasteiger charge is -2.31. The Morgan fingerprint density at radius 1 is 1.06 bits per heavy atom. The molecule has 0 aliphatic carbocycles. The van der Waals surface area contributed by atoms with Crippen molar-refractivity contribution in [3.8, 4) is 0 Å². The summed E-state index contributed by atoms with van der Waals surface area (Å²) >= 11 is 0. The van der Waals surface area contributed by atoms with Gasteiger partial charge in [-0.2, -0.15) is 0 Å². The van der Waals surface area contributed by atoms with Crippen molar-refractivity contribution in [2.45, 2.75) is 38.6 Å². The Hall–Kier alpha value is -2.38. The van der Waals surface area contributed by atoms with E-state index in [1.165, 1.54) is 5.56 Å². The lowest BCUT2D eigenvalue weighted by Crippen LogP contribution is -2.45. The molecule has 0 radical (unpaired) electrons. The summed E-state index contributed by atoms with van der Waals surface area (Å²) < 4.78 is 5.40. The van der Waals surface area contributed by atoms with Gasteiger partial charge in [0.15, 0.2) is 0 Å². The summed E-state index contributed by atoms with van der Waals surface area (Å²) in [7, 11) is 1.74. The third-order valence-electron chi connectivity index (χ3n) is 6.55. The van der Waals surface area contributed by atoms with E-state index < -0.39 is 6.04 Å². The zero-order valence-electron chi connectivity index (χ0n) is 19.1. The number of hydrogen-bond acceptors (Lipinski definition) is 4. The number of amides is 3. The molecule has 3 heterocycles. The van der Waals surface area contributed by atoms with Gasteiger partial charge < -0.3 is 15.0 Å². The van der Waals surface area contributed by atoms with Gasteiger partial charge in [-0.3, -0.25) is 14.6 Å². The van der Waals surface area contributed by atoms with E-state index in [0.717, 1.165) is 50.5 Å². The van der Waals surface area contributed by atoms with Crippen molar-refractivity contribution in [1.82, 2.24) is 20.0 Å². The average molecular weight is 427 g/mol. The van der Waals surface area contributed by atoms with Gasteiger partial charge in [-0.25, -0.2) is 4.79 Å². The molecule has 1 fully saturated rings. The Kier molecular flexibility index (Phi) is 6.08. The largest absolute Gasteiger partial charge is 0.379 e. The number of carbonyl (C=O) groups is 2. The second-order valence-corrected chi connectivity index (χ2v) is 9.71. The molecule has 3 aliphatic heterocycles. The van der Waals surface area contributed by atoms with Crippen molar-refractivity contribution in [3.63, 3.8) is 0 Å². The van der Waals surface area contributed by atoms with Crippen LogP contribution in [-0.2, 0) is 14.9 Å². The number of nitrogens with one attached hydrogen (secondary N) is 1. The van der Waals surface area contributed by atoms with Crippen LogP contribution in [0.15, 0.2) is 35.5 Å². The topological polar surface area (TPSA) is 65.1 Å². The minimum absolute atomic E-state index is 0.0359. The monoisotopic (exact) mass is 426 g/mol. The number of hydrogen-bond donors (Lipinski definition) is 1. The first-order valence-electron chi connectivity index (χ1n) is 11.2. The van der Waals surface area contributed by atoms with Crippen LogP contribution in [0.25, 0.3) is 0 Å². The third kappa shape index (κ3) is 4.48. The van der Waals surface area contributed by atoms with E-state index >= 15 is 0 Å². The molecule has 3 aliphatic rings. The first-order chi connectivity index (χ1) is 14.8. The predicted octanol–water partition coefficient (Wildman–Crippen LogP) is 2.50. The van der Waals surface area contributed by atoms with Crippen LogP contribution in [0.3, 0.4) is 0 Å². The second kappa shape index (κ2) is 8.63. The van der Waals surface area contributed by atoms with E-state index in [1.54, 1.807) is 11.9 Å². The number of ether oxygens (including phenoxy) is 1. The highest BCUT2D eigenvalue weighted by Crippen LogP contribution is 2.36. The summed E-state index contributed by atoms with van der Waals surface area (Å²) in [6, 6.07) is 7.71. The zero-order chi connectivity index (χ0) is 22.2.